The molecule has 0 aliphatic carbocycles. The molecule has 1 aromatic heterocycles. The number of alkyl halides is 3. The van der Waals surface area contributed by atoms with Gasteiger partial charge in [-0.05, 0) is 23.6 Å². The Kier molecular flexibility index (Phi) is 3.80. The van der Waals surface area contributed by atoms with Gasteiger partial charge in [0.15, 0.2) is 0 Å². The van der Waals surface area contributed by atoms with Crippen LogP contribution >= 0.6 is 0 Å². The quantitative estimate of drug-likeness (QED) is 0.486. The van der Waals surface area contributed by atoms with Gasteiger partial charge in [0.1, 0.15) is 5.82 Å². The van der Waals surface area contributed by atoms with E-state index in [1.807, 2.05) is 0 Å². The van der Waals surface area contributed by atoms with Crippen molar-refractivity contribution in [3.63, 3.8) is 0 Å². The predicted molar refractivity (Wildman–Crippen MR) is 63.7 cm³/mol. The first kappa shape index (κ1) is 14.1. The molecule has 1 fully saturated rings. The van der Waals surface area contributed by atoms with E-state index in [2.05, 4.69) is 15.0 Å². The first-order valence-electron chi connectivity index (χ1n) is 5.76. The molecule has 1 amide bonds. The van der Waals surface area contributed by atoms with Crippen molar-refractivity contribution in [2.75, 3.05) is 18.0 Å². The number of carbonyl (C=O) groups is 1. The van der Waals surface area contributed by atoms with Crippen LogP contribution < -0.4 is 4.90 Å². The second kappa shape index (κ2) is 5.38. The van der Waals surface area contributed by atoms with Gasteiger partial charge in [0.05, 0.1) is 5.56 Å². The van der Waals surface area contributed by atoms with Crippen molar-refractivity contribution in [1.82, 2.24) is 4.98 Å². The first-order chi connectivity index (χ1) is 9.41. The van der Waals surface area contributed by atoms with Crippen molar-refractivity contribution in [3.05, 3.63) is 34.3 Å². The molecule has 20 heavy (non-hydrogen) atoms. The molecular weight excluding hydrogens is 275 g/mol. The molecule has 1 atom stereocenters. The second-order valence-corrected chi connectivity index (χ2v) is 4.39. The smallest absolute Gasteiger partial charge is 0.297 e. The molecule has 0 spiro atoms. The number of rotatable bonds is 3. The molecule has 1 saturated heterocycles. The van der Waals surface area contributed by atoms with Crippen molar-refractivity contribution in [3.8, 4) is 0 Å². The minimum absolute atomic E-state index is 0.137. The van der Waals surface area contributed by atoms with Crippen LogP contribution in [0, 0.1) is 5.92 Å². The van der Waals surface area contributed by atoms with Gasteiger partial charge in [-0.3, -0.25) is 9.69 Å². The van der Waals surface area contributed by atoms with Gasteiger partial charge < -0.3 is 0 Å². The van der Waals surface area contributed by atoms with Crippen molar-refractivity contribution in [1.29, 1.82) is 0 Å². The van der Waals surface area contributed by atoms with Gasteiger partial charge in [0.25, 0.3) is 0 Å². The number of anilines is 1. The fourth-order valence-corrected chi connectivity index (χ4v) is 1.99. The highest BCUT2D eigenvalue weighted by Crippen LogP contribution is 2.30. The number of amides is 1. The average molecular weight is 285 g/mol. The Labute approximate surface area is 111 Å². The summed E-state index contributed by atoms with van der Waals surface area (Å²) in [6.07, 6.45) is -3.56. The van der Waals surface area contributed by atoms with Crippen LogP contribution in [0.3, 0.4) is 0 Å². The minimum Gasteiger partial charge on any atom is -0.297 e. The van der Waals surface area contributed by atoms with Crippen molar-refractivity contribution >= 4 is 11.7 Å². The zero-order valence-corrected chi connectivity index (χ0v) is 10.2. The number of nitrogens with zero attached hydrogens (tertiary/aromatic N) is 5. The van der Waals surface area contributed by atoms with E-state index in [0.717, 1.165) is 12.1 Å². The lowest BCUT2D eigenvalue weighted by Gasteiger charge is -2.16. The second-order valence-electron chi connectivity index (χ2n) is 4.39. The first-order valence-corrected chi connectivity index (χ1v) is 5.76. The van der Waals surface area contributed by atoms with Crippen molar-refractivity contribution in [2.24, 2.45) is 11.0 Å². The number of carbonyl (C=O) groups excluding carboxylic acids is 1. The van der Waals surface area contributed by atoms with Crippen LogP contribution in [0.4, 0.5) is 19.0 Å². The van der Waals surface area contributed by atoms with E-state index >= 15 is 0 Å². The summed E-state index contributed by atoms with van der Waals surface area (Å²) >= 11 is 0. The normalized spacial score (nSPS) is 19.1. The third kappa shape index (κ3) is 3.00. The fraction of sp³-hybridized carbons (Fsp3) is 0.455. The Morgan fingerprint density at radius 2 is 2.25 bits per heavy atom. The van der Waals surface area contributed by atoms with Crippen LogP contribution in [-0.2, 0) is 11.0 Å². The summed E-state index contributed by atoms with van der Waals surface area (Å²) in [5.74, 6) is -0.204. The summed E-state index contributed by atoms with van der Waals surface area (Å²) in [5.41, 5.74) is 7.36. The fourth-order valence-electron chi connectivity index (χ4n) is 1.99. The number of aromatic nitrogens is 1. The largest absolute Gasteiger partial charge is 0.417 e. The Morgan fingerprint density at radius 1 is 1.50 bits per heavy atom. The molecule has 1 aliphatic rings. The number of hydrogen-bond acceptors (Lipinski definition) is 3. The van der Waals surface area contributed by atoms with Crippen LogP contribution in [0.15, 0.2) is 23.4 Å². The SMILES string of the molecule is [N-]=[N+]=NCC1CC(=O)N(c2ccc(C(F)(F)F)cn2)C1. The molecule has 106 valence electrons. The van der Waals surface area contributed by atoms with E-state index < -0.39 is 11.7 Å². The Morgan fingerprint density at radius 3 is 2.80 bits per heavy atom. The zero-order chi connectivity index (χ0) is 14.8. The summed E-state index contributed by atoms with van der Waals surface area (Å²) in [5, 5.41) is 3.40. The zero-order valence-electron chi connectivity index (χ0n) is 10.2. The monoisotopic (exact) mass is 285 g/mol. The molecular formula is C11H10F3N5O. The van der Waals surface area contributed by atoms with E-state index in [9.17, 15) is 18.0 Å². The lowest BCUT2D eigenvalue weighted by molar-refractivity contribution is -0.137. The van der Waals surface area contributed by atoms with E-state index in [-0.39, 0.29) is 37.2 Å². The van der Waals surface area contributed by atoms with Gasteiger partial charge in [0.2, 0.25) is 5.91 Å². The van der Waals surface area contributed by atoms with Gasteiger partial charge in [-0.15, -0.1) is 0 Å². The third-order valence-electron chi connectivity index (χ3n) is 2.96. The Bertz CT molecular complexity index is 550. The maximum absolute atomic E-state index is 12.4. The summed E-state index contributed by atoms with van der Waals surface area (Å²) < 4.78 is 37.2. The third-order valence-corrected chi connectivity index (χ3v) is 2.96. The van der Waals surface area contributed by atoms with E-state index in [0.29, 0.717) is 6.20 Å². The standard InChI is InChI=1S/C11H10F3N5O/c12-11(13,14)8-1-2-9(16-5-8)19-6-7(3-10(19)20)4-17-18-15/h1-2,5,7H,3-4,6H2. The van der Waals surface area contributed by atoms with Crippen LogP contribution in [0.25, 0.3) is 10.4 Å². The highest BCUT2D eigenvalue weighted by atomic mass is 19.4. The van der Waals surface area contributed by atoms with Crippen LogP contribution in [0.5, 0.6) is 0 Å². The maximum atomic E-state index is 12.4. The average Bonchev–Trinajstić information content (AvgIpc) is 2.77. The van der Waals surface area contributed by atoms with Crippen LogP contribution in [-0.4, -0.2) is 24.0 Å². The molecule has 6 nitrogen and oxygen atoms in total. The van der Waals surface area contributed by atoms with E-state index in [4.69, 9.17) is 5.53 Å². The highest BCUT2D eigenvalue weighted by molar-refractivity contribution is 5.94. The molecule has 1 aromatic rings. The van der Waals surface area contributed by atoms with E-state index in [1.165, 1.54) is 4.90 Å². The number of azide groups is 1. The molecule has 1 aliphatic heterocycles. The Balaban J connectivity index is 2.12. The van der Waals surface area contributed by atoms with E-state index in [1.54, 1.807) is 0 Å². The van der Waals surface area contributed by atoms with Crippen LogP contribution in [0.2, 0.25) is 0 Å². The lowest BCUT2D eigenvalue weighted by atomic mass is 10.1. The number of halogens is 3. The molecule has 0 N–H and O–H groups in total. The maximum Gasteiger partial charge on any atom is 0.417 e. The topological polar surface area (TPSA) is 82.0 Å². The lowest BCUT2D eigenvalue weighted by Crippen LogP contribution is -2.26. The highest BCUT2D eigenvalue weighted by Gasteiger charge is 2.33. The van der Waals surface area contributed by atoms with Crippen molar-refractivity contribution < 1.29 is 18.0 Å². The van der Waals surface area contributed by atoms with Gasteiger partial charge in [-0.1, -0.05) is 5.11 Å². The molecule has 2 rings (SSSR count). The number of hydrogen-bond donors (Lipinski definition) is 0. The summed E-state index contributed by atoms with van der Waals surface area (Å²) in [4.78, 5) is 19.4. The summed E-state index contributed by atoms with van der Waals surface area (Å²) in [7, 11) is 0. The molecule has 0 radical (unpaired) electrons. The number of pyridine rings is 1. The molecule has 1 unspecified atom stereocenters. The molecule has 0 aromatic carbocycles. The van der Waals surface area contributed by atoms with Crippen molar-refractivity contribution in [2.45, 2.75) is 12.6 Å². The summed E-state index contributed by atoms with van der Waals surface area (Å²) in [6, 6.07) is 2.05. The molecule has 9 heteroatoms. The van der Waals surface area contributed by atoms with Crippen LogP contribution in [0.1, 0.15) is 12.0 Å². The van der Waals surface area contributed by atoms with Gasteiger partial charge in [-0.2, -0.15) is 13.2 Å². The predicted octanol–water partition coefficient (Wildman–Crippen LogP) is 2.76. The molecule has 0 saturated carbocycles. The molecule has 2 heterocycles. The minimum atomic E-state index is -4.45. The van der Waals surface area contributed by atoms with Gasteiger partial charge in [0, 0.05) is 30.6 Å². The molecule has 0 bridgehead atoms. The Hall–Kier alpha value is -2.28. The summed E-state index contributed by atoms with van der Waals surface area (Å²) in [6.45, 7) is 0.468. The van der Waals surface area contributed by atoms with Gasteiger partial charge >= 0.3 is 6.18 Å². The van der Waals surface area contributed by atoms with Gasteiger partial charge in [-0.25, -0.2) is 4.98 Å².